The van der Waals surface area contributed by atoms with E-state index in [1.165, 1.54) is 0 Å². The minimum Gasteiger partial charge on any atom is -0.385 e. The molecule has 108 valence electrons. The van der Waals surface area contributed by atoms with Crippen LogP contribution in [0, 0.1) is 0 Å². The van der Waals surface area contributed by atoms with Gasteiger partial charge in [-0.05, 0) is 44.5 Å². The van der Waals surface area contributed by atoms with Crippen LogP contribution in [0.1, 0.15) is 40.0 Å². The highest BCUT2D eigenvalue weighted by Crippen LogP contribution is 2.14. The molecule has 0 bridgehead atoms. The normalized spacial score (nSPS) is 13.2. The summed E-state index contributed by atoms with van der Waals surface area (Å²) in [6, 6.07) is 6.81. The van der Waals surface area contributed by atoms with Crippen molar-refractivity contribution in [1.82, 2.24) is 4.72 Å². The lowest BCUT2D eigenvalue weighted by Crippen LogP contribution is -2.32. The monoisotopic (exact) mass is 284 g/mol. The van der Waals surface area contributed by atoms with Gasteiger partial charge in [0.1, 0.15) is 0 Å². The topological polar surface area (TPSA) is 58.2 Å². The van der Waals surface area contributed by atoms with Gasteiger partial charge in [-0.25, -0.2) is 13.1 Å². The molecule has 1 aromatic rings. The second-order valence-corrected chi connectivity index (χ2v) is 6.43. The number of rotatable bonds is 8. The lowest BCUT2D eigenvalue weighted by Gasteiger charge is -2.14. The van der Waals surface area contributed by atoms with Gasteiger partial charge in [-0.3, -0.25) is 0 Å². The van der Waals surface area contributed by atoms with Crippen LogP contribution in [0.15, 0.2) is 29.2 Å². The molecule has 0 aliphatic heterocycles. The van der Waals surface area contributed by atoms with E-state index in [4.69, 9.17) is 0 Å². The summed E-state index contributed by atoms with van der Waals surface area (Å²) in [7, 11) is -3.40. The molecule has 0 aliphatic rings. The summed E-state index contributed by atoms with van der Waals surface area (Å²) in [5, 5.41) is 3.14. The van der Waals surface area contributed by atoms with E-state index in [1.54, 1.807) is 24.3 Å². The van der Waals surface area contributed by atoms with Crippen LogP contribution >= 0.6 is 0 Å². The number of sulfonamides is 1. The van der Waals surface area contributed by atoms with Gasteiger partial charge in [-0.1, -0.05) is 19.8 Å². The van der Waals surface area contributed by atoms with Crippen molar-refractivity contribution >= 4 is 15.7 Å². The molecule has 0 radical (unpaired) electrons. The van der Waals surface area contributed by atoms with Gasteiger partial charge in [0.2, 0.25) is 10.0 Å². The molecule has 1 rings (SSSR count). The van der Waals surface area contributed by atoms with E-state index in [2.05, 4.69) is 17.0 Å². The molecule has 0 heterocycles. The minimum absolute atomic E-state index is 0.0293. The Balaban J connectivity index is 2.71. The number of anilines is 1. The van der Waals surface area contributed by atoms with Gasteiger partial charge in [0.25, 0.3) is 0 Å². The molecular weight excluding hydrogens is 260 g/mol. The first kappa shape index (κ1) is 16.0. The number of hydrogen-bond acceptors (Lipinski definition) is 3. The van der Waals surface area contributed by atoms with Crippen molar-refractivity contribution in [2.75, 3.05) is 11.9 Å². The van der Waals surface area contributed by atoms with Gasteiger partial charge < -0.3 is 5.32 Å². The summed E-state index contributed by atoms with van der Waals surface area (Å²) in [4.78, 5) is 0.317. The fraction of sp³-hybridized carbons (Fsp3) is 0.571. The number of nitrogens with one attached hydrogen (secondary N) is 2. The quantitative estimate of drug-likeness (QED) is 0.771. The van der Waals surface area contributed by atoms with Crippen LogP contribution in [0.3, 0.4) is 0 Å². The zero-order chi connectivity index (χ0) is 14.3. The van der Waals surface area contributed by atoms with E-state index < -0.39 is 10.0 Å². The van der Waals surface area contributed by atoms with Crippen LogP contribution in [-0.2, 0) is 10.0 Å². The van der Waals surface area contributed by atoms with E-state index in [0.717, 1.165) is 31.5 Å². The van der Waals surface area contributed by atoms with Crippen molar-refractivity contribution in [3.63, 3.8) is 0 Å². The fourth-order valence-electron chi connectivity index (χ4n) is 1.86. The molecule has 5 heteroatoms. The summed E-state index contributed by atoms with van der Waals surface area (Å²) >= 11 is 0. The molecule has 2 N–H and O–H groups in total. The van der Waals surface area contributed by atoms with Gasteiger partial charge in [-0.15, -0.1) is 0 Å². The Morgan fingerprint density at radius 2 is 1.79 bits per heavy atom. The highest BCUT2D eigenvalue weighted by atomic mass is 32.2. The smallest absolute Gasteiger partial charge is 0.240 e. The number of hydrogen-bond donors (Lipinski definition) is 2. The first-order chi connectivity index (χ1) is 8.99. The maximum Gasteiger partial charge on any atom is 0.240 e. The molecule has 19 heavy (non-hydrogen) atoms. The van der Waals surface area contributed by atoms with E-state index in [0.29, 0.717) is 4.90 Å². The Kier molecular flexibility index (Phi) is 6.31. The lowest BCUT2D eigenvalue weighted by atomic mass is 10.2. The second kappa shape index (κ2) is 7.50. The zero-order valence-corrected chi connectivity index (χ0v) is 12.8. The van der Waals surface area contributed by atoms with Gasteiger partial charge in [0.05, 0.1) is 4.90 Å². The molecule has 0 saturated carbocycles. The zero-order valence-electron chi connectivity index (χ0n) is 11.9. The first-order valence-electron chi connectivity index (χ1n) is 6.85. The van der Waals surface area contributed by atoms with Crippen molar-refractivity contribution < 1.29 is 8.42 Å². The summed E-state index contributed by atoms with van der Waals surface area (Å²) in [6.45, 7) is 6.82. The second-order valence-electron chi connectivity index (χ2n) is 4.72. The standard InChI is InChI=1S/C14H24N2O2S/c1-4-6-7-12(3)16-19(17,18)14-10-8-13(9-11-14)15-5-2/h8-12,15-16H,4-7H2,1-3H3. The molecule has 1 atom stereocenters. The van der Waals surface area contributed by atoms with Crippen LogP contribution < -0.4 is 10.0 Å². The molecule has 1 unspecified atom stereocenters. The maximum absolute atomic E-state index is 12.1. The Bertz CT molecular complexity index is 469. The molecule has 1 aromatic carbocycles. The molecule has 0 saturated heterocycles. The van der Waals surface area contributed by atoms with Crippen LogP contribution in [0.5, 0.6) is 0 Å². The largest absolute Gasteiger partial charge is 0.385 e. The SMILES string of the molecule is CCCCC(C)NS(=O)(=O)c1ccc(NCC)cc1. The molecule has 0 fully saturated rings. The van der Waals surface area contributed by atoms with Gasteiger partial charge in [0.15, 0.2) is 0 Å². The van der Waals surface area contributed by atoms with Gasteiger partial charge >= 0.3 is 0 Å². The molecule has 0 aliphatic carbocycles. The van der Waals surface area contributed by atoms with Crippen LogP contribution in [-0.4, -0.2) is 21.0 Å². The van der Waals surface area contributed by atoms with E-state index in [-0.39, 0.29) is 6.04 Å². The lowest BCUT2D eigenvalue weighted by molar-refractivity contribution is 0.534. The van der Waals surface area contributed by atoms with E-state index >= 15 is 0 Å². The van der Waals surface area contributed by atoms with Crippen molar-refractivity contribution in [2.24, 2.45) is 0 Å². The predicted molar refractivity (Wildman–Crippen MR) is 79.9 cm³/mol. The summed E-state index contributed by atoms with van der Waals surface area (Å²) < 4.78 is 27.0. The molecular formula is C14H24N2O2S. The van der Waals surface area contributed by atoms with Crippen molar-refractivity contribution in [3.8, 4) is 0 Å². The third kappa shape index (κ3) is 5.20. The van der Waals surface area contributed by atoms with Crippen molar-refractivity contribution in [2.45, 2.75) is 51.0 Å². The minimum atomic E-state index is -3.40. The fourth-order valence-corrected chi connectivity index (χ4v) is 3.14. The van der Waals surface area contributed by atoms with Crippen LogP contribution in [0.25, 0.3) is 0 Å². The first-order valence-corrected chi connectivity index (χ1v) is 8.34. The Hall–Kier alpha value is -1.07. The van der Waals surface area contributed by atoms with Crippen molar-refractivity contribution in [3.05, 3.63) is 24.3 Å². The van der Waals surface area contributed by atoms with E-state index in [9.17, 15) is 8.42 Å². The highest BCUT2D eigenvalue weighted by Gasteiger charge is 2.16. The van der Waals surface area contributed by atoms with Crippen LogP contribution in [0.2, 0.25) is 0 Å². The molecule has 4 nitrogen and oxygen atoms in total. The average molecular weight is 284 g/mol. The van der Waals surface area contributed by atoms with Crippen LogP contribution in [0.4, 0.5) is 5.69 Å². The summed E-state index contributed by atoms with van der Waals surface area (Å²) in [5.74, 6) is 0. The third-order valence-corrected chi connectivity index (χ3v) is 4.50. The molecule has 0 spiro atoms. The number of unbranched alkanes of at least 4 members (excludes halogenated alkanes) is 1. The highest BCUT2D eigenvalue weighted by molar-refractivity contribution is 7.89. The average Bonchev–Trinajstić information content (AvgIpc) is 2.37. The van der Waals surface area contributed by atoms with E-state index in [1.807, 2.05) is 13.8 Å². The predicted octanol–water partition coefficient (Wildman–Crippen LogP) is 2.98. The number of benzene rings is 1. The summed E-state index contributed by atoms with van der Waals surface area (Å²) in [6.07, 6.45) is 2.97. The molecule has 0 aromatic heterocycles. The summed E-state index contributed by atoms with van der Waals surface area (Å²) in [5.41, 5.74) is 0.931. The van der Waals surface area contributed by atoms with Crippen molar-refractivity contribution in [1.29, 1.82) is 0 Å². The van der Waals surface area contributed by atoms with Gasteiger partial charge in [0, 0.05) is 18.3 Å². The molecule has 0 amide bonds. The van der Waals surface area contributed by atoms with Gasteiger partial charge in [-0.2, -0.15) is 0 Å². The Morgan fingerprint density at radius 3 is 2.32 bits per heavy atom. The Labute approximate surface area is 116 Å². The Morgan fingerprint density at radius 1 is 1.16 bits per heavy atom. The maximum atomic E-state index is 12.1. The third-order valence-electron chi connectivity index (χ3n) is 2.89.